The summed E-state index contributed by atoms with van der Waals surface area (Å²) in [5, 5.41) is 10.6. The predicted octanol–water partition coefficient (Wildman–Crippen LogP) is 1.24. The number of nitrogens with zero attached hydrogens (tertiary/aromatic N) is 1. The third-order valence-electron chi connectivity index (χ3n) is 1.85. The van der Waals surface area contributed by atoms with Crippen LogP contribution >= 0.6 is 0 Å². The first-order valence-electron chi connectivity index (χ1n) is 5.65. The molecule has 0 aromatic carbocycles. The Labute approximate surface area is 114 Å². The van der Waals surface area contributed by atoms with E-state index < -0.39 is 31.3 Å². The minimum atomic E-state index is -4.66. The van der Waals surface area contributed by atoms with E-state index >= 15 is 0 Å². The standard InChI is InChI=1S/C11H17F3N2O4/c1-8(2)6-20-4-3-15-10(19)16(5-9(17)18)7-11(12,13)14/h1,3-7H2,2H3,(H,15,19)(H,17,18). The lowest BCUT2D eigenvalue weighted by molar-refractivity contribution is -0.148. The number of aliphatic carboxylic acids is 1. The fourth-order valence-electron chi connectivity index (χ4n) is 1.17. The molecule has 0 rings (SSSR count). The number of carboxylic acid groups (broad SMARTS) is 1. The molecule has 0 saturated carbocycles. The molecule has 0 saturated heterocycles. The highest BCUT2D eigenvalue weighted by Crippen LogP contribution is 2.16. The van der Waals surface area contributed by atoms with Crippen LogP contribution in [0, 0.1) is 0 Å². The Morgan fingerprint density at radius 2 is 2.00 bits per heavy atom. The van der Waals surface area contributed by atoms with Crippen LogP contribution in [-0.4, -0.2) is 61.0 Å². The highest BCUT2D eigenvalue weighted by molar-refractivity contribution is 5.80. The van der Waals surface area contributed by atoms with E-state index in [-0.39, 0.29) is 24.7 Å². The summed E-state index contributed by atoms with van der Waals surface area (Å²) in [4.78, 5) is 22.0. The van der Waals surface area contributed by atoms with Gasteiger partial charge in [0.2, 0.25) is 0 Å². The van der Waals surface area contributed by atoms with Gasteiger partial charge < -0.3 is 20.1 Å². The van der Waals surface area contributed by atoms with Crippen LogP contribution in [0.4, 0.5) is 18.0 Å². The Bertz CT molecular complexity index is 358. The van der Waals surface area contributed by atoms with Crippen molar-refractivity contribution in [1.29, 1.82) is 0 Å². The number of ether oxygens (including phenoxy) is 1. The van der Waals surface area contributed by atoms with Crippen molar-refractivity contribution in [2.45, 2.75) is 13.1 Å². The zero-order valence-electron chi connectivity index (χ0n) is 11.0. The quantitative estimate of drug-likeness (QED) is 0.522. The molecule has 6 nitrogen and oxygen atoms in total. The number of amides is 2. The largest absolute Gasteiger partial charge is 0.480 e. The van der Waals surface area contributed by atoms with Crippen molar-refractivity contribution in [3.63, 3.8) is 0 Å². The second-order valence-electron chi connectivity index (χ2n) is 4.11. The zero-order valence-corrected chi connectivity index (χ0v) is 11.0. The number of carbonyl (C=O) groups is 2. The molecular weight excluding hydrogens is 281 g/mol. The van der Waals surface area contributed by atoms with Crippen LogP contribution in [0.5, 0.6) is 0 Å². The fourth-order valence-corrected chi connectivity index (χ4v) is 1.17. The average Bonchev–Trinajstić information content (AvgIpc) is 2.24. The minimum Gasteiger partial charge on any atom is -0.480 e. The highest BCUT2D eigenvalue weighted by Gasteiger charge is 2.33. The summed E-state index contributed by atoms with van der Waals surface area (Å²) < 4.78 is 41.6. The van der Waals surface area contributed by atoms with Crippen LogP contribution < -0.4 is 5.32 Å². The van der Waals surface area contributed by atoms with Gasteiger partial charge in [0.15, 0.2) is 0 Å². The maximum Gasteiger partial charge on any atom is 0.406 e. The van der Waals surface area contributed by atoms with Gasteiger partial charge in [-0.25, -0.2) is 4.79 Å². The van der Waals surface area contributed by atoms with E-state index in [0.717, 1.165) is 5.57 Å². The van der Waals surface area contributed by atoms with Crippen LogP contribution in [0.1, 0.15) is 6.92 Å². The molecule has 0 heterocycles. The Morgan fingerprint density at radius 3 is 2.45 bits per heavy atom. The van der Waals surface area contributed by atoms with Gasteiger partial charge in [0, 0.05) is 6.54 Å². The van der Waals surface area contributed by atoms with Gasteiger partial charge in [-0.2, -0.15) is 13.2 Å². The Balaban J connectivity index is 4.20. The fraction of sp³-hybridized carbons (Fsp3) is 0.636. The number of hydrogen-bond donors (Lipinski definition) is 2. The maximum atomic E-state index is 12.2. The first-order chi connectivity index (χ1) is 9.11. The molecule has 116 valence electrons. The van der Waals surface area contributed by atoms with E-state index in [4.69, 9.17) is 9.84 Å². The summed E-state index contributed by atoms with van der Waals surface area (Å²) in [6, 6.07) is -1.11. The lowest BCUT2D eigenvalue weighted by Crippen LogP contribution is -2.47. The maximum absolute atomic E-state index is 12.2. The molecule has 0 fully saturated rings. The summed E-state index contributed by atoms with van der Waals surface area (Å²) in [5.41, 5.74) is 0.765. The van der Waals surface area contributed by atoms with Gasteiger partial charge in [-0.05, 0) is 6.92 Å². The molecule has 0 aliphatic rings. The molecule has 0 radical (unpaired) electrons. The number of rotatable bonds is 8. The molecule has 9 heteroatoms. The normalized spacial score (nSPS) is 11.0. The predicted molar refractivity (Wildman–Crippen MR) is 64.3 cm³/mol. The van der Waals surface area contributed by atoms with E-state index in [0.29, 0.717) is 0 Å². The van der Waals surface area contributed by atoms with Gasteiger partial charge in [-0.1, -0.05) is 12.2 Å². The number of hydrogen-bond acceptors (Lipinski definition) is 3. The van der Waals surface area contributed by atoms with Crippen LogP contribution in [0.15, 0.2) is 12.2 Å². The first kappa shape index (κ1) is 18.2. The van der Waals surface area contributed by atoms with Crippen LogP contribution in [-0.2, 0) is 9.53 Å². The van der Waals surface area contributed by atoms with Gasteiger partial charge in [-0.3, -0.25) is 4.79 Å². The third-order valence-corrected chi connectivity index (χ3v) is 1.85. The Hall–Kier alpha value is -1.77. The summed E-state index contributed by atoms with van der Waals surface area (Å²) in [7, 11) is 0. The molecule has 0 unspecified atom stereocenters. The van der Waals surface area contributed by atoms with Gasteiger partial charge in [0.25, 0.3) is 0 Å². The van der Waals surface area contributed by atoms with Crippen molar-refractivity contribution in [3.8, 4) is 0 Å². The van der Waals surface area contributed by atoms with Crippen molar-refractivity contribution in [1.82, 2.24) is 10.2 Å². The minimum absolute atomic E-state index is 0.0277. The SMILES string of the molecule is C=C(C)COCCNC(=O)N(CC(=O)O)CC(F)(F)F. The van der Waals surface area contributed by atoms with Gasteiger partial charge in [0.1, 0.15) is 13.1 Å². The lowest BCUT2D eigenvalue weighted by Gasteiger charge is -2.22. The van der Waals surface area contributed by atoms with E-state index in [1.807, 2.05) is 0 Å². The molecule has 0 atom stereocenters. The van der Waals surface area contributed by atoms with Crippen LogP contribution in [0.3, 0.4) is 0 Å². The highest BCUT2D eigenvalue weighted by atomic mass is 19.4. The van der Waals surface area contributed by atoms with Gasteiger partial charge >= 0.3 is 18.2 Å². The number of carboxylic acids is 1. The average molecular weight is 298 g/mol. The monoisotopic (exact) mass is 298 g/mol. The van der Waals surface area contributed by atoms with E-state index in [1.54, 1.807) is 6.92 Å². The molecule has 0 aromatic heterocycles. The van der Waals surface area contributed by atoms with Crippen LogP contribution in [0.2, 0.25) is 0 Å². The van der Waals surface area contributed by atoms with E-state index in [2.05, 4.69) is 11.9 Å². The molecule has 20 heavy (non-hydrogen) atoms. The number of halogens is 3. The van der Waals surface area contributed by atoms with E-state index in [9.17, 15) is 22.8 Å². The van der Waals surface area contributed by atoms with Gasteiger partial charge in [-0.15, -0.1) is 0 Å². The second-order valence-corrected chi connectivity index (χ2v) is 4.11. The molecule has 0 aromatic rings. The topological polar surface area (TPSA) is 78.9 Å². The summed E-state index contributed by atoms with van der Waals surface area (Å²) in [6.07, 6.45) is -4.66. The number of carbonyl (C=O) groups excluding carboxylic acids is 1. The second kappa shape index (κ2) is 8.41. The van der Waals surface area contributed by atoms with Crippen molar-refractivity contribution >= 4 is 12.0 Å². The summed E-state index contributed by atoms with van der Waals surface area (Å²) in [6.45, 7) is 2.99. The van der Waals surface area contributed by atoms with Crippen molar-refractivity contribution in [3.05, 3.63) is 12.2 Å². The number of nitrogens with one attached hydrogen (secondary N) is 1. The lowest BCUT2D eigenvalue weighted by atomic mass is 10.4. The van der Waals surface area contributed by atoms with Crippen molar-refractivity contribution in [2.75, 3.05) is 32.8 Å². The summed E-state index contributed by atoms with van der Waals surface area (Å²) >= 11 is 0. The molecule has 0 bridgehead atoms. The Morgan fingerprint density at radius 1 is 1.40 bits per heavy atom. The first-order valence-corrected chi connectivity index (χ1v) is 5.65. The molecule has 0 spiro atoms. The molecule has 2 N–H and O–H groups in total. The number of alkyl halides is 3. The summed E-state index contributed by atoms with van der Waals surface area (Å²) in [5.74, 6) is -1.53. The molecular formula is C11H17F3N2O4. The zero-order chi connectivity index (χ0) is 15.8. The van der Waals surface area contributed by atoms with Crippen molar-refractivity contribution in [2.24, 2.45) is 0 Å². The van der Waals surface area contributed by atoms with Gasteiger partial charge in [0.05, 0.1) is 13.2 Å². The molecule has 0 aliphatic carbocycles. The number of urea groups is 1. The molecule has 2 amide bonds. The van der Waals surface area contributed by atoms with Crippen molar-refractivity contribution < 1.29 is 32.6 Å². The molecule has 0 aliphatic heterocycles. The third kappa shape index (κ3) is 10.2. The smallest absolute Gasteiger partial charge is 0.406 e. The Kier molecular flexibility index (Phi) is 7.67. The van der Waals surface area contributed by atoms with E-state index in [1.165, 1.54) is 0 Å². The van der Waals surface area contributed by atoms with Crippen LogP contribution in [0.25, 0.3) is 0 Å².